The van der Waals surface area contributed by atoms with Crippen LogP contribution in [0.25, 0.3) is 10.2 Å². The maximum absolute atomic E-state index is 12.4. The number of thiophene rings is 1. The molecule has 0 aromatic carbocycles. The lowest BCUT2D eigenvalue weighted by Crippen LogP contribution is -2.27. The molecule has 3 aromatic rings. The van der Waals surface area contributed by atoms with Gasteiger partial charge in [-0.2, -0.15) is 0 Å². The number of carbonyl (C=O) groups excluding carboxylic acids is 1. The molecule has 0 bridgehead atoms. The van der Waals surface area contributed by atoms with Crippen molar-refractivity contribution in [1.82, 2.24) is 20.3 Å². The predicted molar refractivity (Wildman–Crippen MR) is 101 cm³/mol. The zero-order valence-corrected chi connectivity index (χ0v) is 15.4. The summed E-state index contributed by atoms with van der Waals surface area (Å²) < 4.78 is 0. The number of hydrogen-bond donors (Lipinski definition) is 2. The molecule has 7 heteroatoms. The molecule has 1 amide bonds. The van der Waals surface area contributed by atoms with E-state index in [2.05, 4.69) is 20.3 Å². The first-order valence-electron chi connectivity index (χ1n) is 8.84. The van der Waals surface area contributed by atoms with E-state index >= 15 is 0 Å². The van der Waals surface area contributed by atoms with Gasteiger partial charge in [0.25, 0.3) is 5.56 Å². The molecule has 1 aliphatic carbocycles. The molecule has 3 aromatic heterocycles. The third-order valence-electron chi connectivity index (χ3n) is 4.80. The van der Waals surface area contributed by atoms with E-state index in [0.29, 0.717) is 12.2 Å². The van der Waals surface area contributed by atoms with Gasteiger partial charge in [-0.1, -0.05) is 0 Å². The highest BCUT2D eigenvalue weighted by Crippen LogP contribution is 2.34. The fraction of sp³-hybridized carbons (Fsp3) is 0.368. The van der Waals surface area contributed by atoms with Crippen molar-refractivity contribution in [3.8, 4) is 0 Å². The van der Waals surface area contributed by atoms with Crippen LogP contribution in [0.5, 0.6) is 0 Å². The van der Waals surface area contributed by atoms with Gasteiger partial charge in [0, 0.05) is 30.1 Å². The summed E-state index contributed by atoms with van der Waals surface area (Å²) in [4.78, 5) is 38.2. The van der Waals surface area contributed by atoms with Gasteiger partial charge in [-0.3, -0.25) is 14.6 Å². The summed E-state index contributed by atoms with van der Waals surface area (Å²) in [6.45, 7) is 1.94. The van der Waals surface area contributed by atoms with Crippen LogP contribution >= 0.6 is 11.3 Å². The number of H-pyrrole nitrogens is 1. The number of hydrogen-bond acceptors (Lipinski definition) is 5. The first-order valence-corrected chi connectivity index (χ1v) is 9.66. The van der Waals surface area contributed by atoms with Crippen LogP contribution in [0, 0.1) is 0 Å². The quantitative estimate of drug-likeness (QED) is 0.725. The van der Waals surface area contributed by atoms with E-state index in [1.165, 1.54) is 10.4 Å². The molecular formula is C19H20N4O2S. The minimum absolute atomic E-state index is 0.0641. The van der Waals surface area contributed by atoms with Crippen LogP contribution in [0.15, 0.2) is 29.3 Å². The lowest BCUT2D eigenvalue weighted by atomic mass is 10.1. The zero-order chi connectivity index (χ0) is 18.1. The van der Waals surface area contributed by atoms with Crippen LogP contribution < -0.4 is 10.9 Å². The van der Waals surface area contributed by atoms with Gasteiger partial charge in [-0.05, 0) is 49.4 Å². The summed E-state index contributed by atoms with van der Waals surface area (Å²) in [6, 6.07) is 3.68. The zero-order valence-electron chi connectivity index (χ0n) is 14.5. The summed E-state index contributed by atoms with van der Waals surface area (Å²) in [6.07, 6.45) is 7.25. The van der Waals surface area contributed by atoms with Gasteiger partial charge in [0.2, 0.25) is 5.91 Å². The van der Waals surface area contributed by atoms with E-state index < -0.39 is 0 Å². The average Bonchev–Trinajstić information content (AvgIpc) is 3.21. The average molecular weight is 368 g/mol. The van der Waals surface area contributed by atoms with Gasteiger partial charge in [-0.25, -0.2) is 4.98 Å². The molecule has 0 aliphatic heterocycles. The molecule has 0 saturated heterocycles. The standard InChI is InChI=1S/C19H20N4O2S/c1-11(12-7-9-20-10-8-12)21-16(24)6-5-15-22-18(25)17-13-3-2-4-14(13)26-19(17)23-15/h7-11H,2-6H2,1H3,(H,21,24)(H,22,23,25)/t11-/m0/s1. The second-order valence-corrected chi connectivity index (χ2v) is 7.70. The van der Waals surface area contributed by atoms with Crippen molar-refractivity contribution in [3.05, 3.63) is 56.7 Å². The normalized spacial score (nSPS) is 14.3. The highest BCUT2D eigenvalue weighted by molar-refractivity contribution is 7.18. The van der Waals surface area contributed by atoms with Crippen molar-refractivity contribution in [1.29, 1.82) is 0 Å². The monoisotopic (exact) mass is 368 g/mol. The Bertz CT molecular complexity index is 1010. The van der Waals surface area contributed by atoms with E-state index in [-0.39, 0.29) is 23.9 Å². The van der Waals surface area contributed by atoms with Gasteiger partial charge in [0.1, 0.15) is 10.7 Å². The minimum Gasteiger partial charge on any atom is -0.350 e. The highest BCUT2D eigenvalue weighted by Gasteiger charge is 2.21. The number of rotatable bonds is 5. The number of pyridine rings is 1. The van der Waals surface area contributed by atoms with Crippen molar-refractivity contribution >= 4 is 27.5 Å². The largest absolute Gasteiger partial charge is 0.350 e. The molecule has 0 unspecified atom stereocenters. The number of aromatic nitrogens is 3. The third-order valence-corrected chi connectivity index (χ3v) is 5.98. The molecule has 2 N–H and O–H groups in total. The summed E-state index contributed by atoms with van der Waals surface area (Å²) in [5, 5.41) is 3.72. The lowest BCUT2D eigenvalue weighted by Gasteiger charge is -2.13. The Kier molecular flexibility index (Phi) is 4.55. The Morgan fingerprint density at radius 2 is 2.15 bits per heavy atom. The van der Waals surface area contributed by atoms with Crippen LogP contribution in [0.2, 0.25) is 0 Å². The molecular weight excluding hydrogens is 348 g/mol. The smallest absolute Gasteiger partial charge is 0.259 e. The van der Waals surface area contributed by atoms with Crippen molar-refractivity contribution in [2.45, 2.75) is 45.1 Å². The number of aromatic amines is 1. The molecule has 0 fully saturated rings. The fourth-order valence-corrected chi connectivity index (χ4v) is 4.73. The van der Waals surface area contributed by atoms with Gasteiger partial charge < -0.3 is 10.3 Å². The Morgan fingerprint density at radius 1 is 1.35 bits per heavy atom. The van der Waals surface area contributed by atoms with Gasteiger partial charge in [0.05, 0.1) is 11.4 Å². The molecule has 0 saturated carbocycles. The van der Waals surface area contributed by atoms with Gasteiger partial charge in [-0.15, -0.1) is 11.3 Å². The number of nitrogens with zero attached hydrogens (tertiary/aromatic N) is 2. The van der Waals surface area contributed by atoms with Gasteiger partial charge >= 0.3 is 0 Å². The molecule has 0 radical (unpaired) electrons. The Morgan fingerprint density at radius 3 is 2.96 bits per heavy atom. The lowest BCUT2D eigenvalue weighted by molar-refractivity contribution is -0.121. The molecule has 3 heterocycles. The molecule has 1 aliphatic rings. The van der Waals surface area contributed by atoms with Crippen molar-refractivity contribution < 1.29 is 4.79 Å². The SMILES string of the molecule is C[C@H](NC(=O)CCc1nc2sc3c(c2c(=O)[nH]1)CCC3)c1ccncc1. The molecule has 26 heavy (non-hydrogen) atoms. The van der Waals surface area contributed by atoms with Crippen LogP contribution in [0.1, 0.15) is 47.6 Å². The van der Waals surface area contributed by atoms with Crippen molar-refractivity contribution in [2.75, 3.05) is 0 Å². The summed E-state index contributed by atoms with van der Waals surface area (Å²) in [5.74, 6) is 0.514. The Hall–Kier alpha value is -2.54. The van der Waals surface area contributed by atoms with E-state index in [1.807, 2.05) is 19.1 Å². The number of nitrogens with one attached hydrogen (secondary N) is 2. The maximum atomic E-state index is 12.4. The molecule has 4 rings (SSSR count). The summed E-state index contributed by atoms with van der Waals surface area (Å²) >= 11 is 1.62. The van der Waals surface area contributed by atoms with Crippen molar-refractivity contribution in [3.63, 3.8) is 0 Å². The van der Waals surface area contributed by atoms with Crippen molar-refractivity contribution in [2.24, 2.45) is 0 Å². The minimum atomic E-state index is -0.0831. The fourth-order valence-electron chi connectivity index (χ4n) is 3.45. The van der Waals surface area contributed by atoms with E-state index in [0.717, 1.165) is 35.0 Å². The second kappa shape index (κ2) is 6.99. The Balaban J connectivity index is 1.43. The summed E-state index contributed by atoms with van der Waals surface area (Å²) in [5.41, 5.74) is 2.11. The second-order valence-electron chi connectivity index (χ2n) is 6.62. The maximum Gasteiger partial charge on any atom is 0.259 e. The highest BCUT2D eigenvalue weighted by atomic mass is 32.1. The molecule has 0 spiro atoms. The van der Waals surface area contributed by atoms with Crippen LogP contribution in [-0.4, -0.2) is 20.9 Å². The van der Waals surface area contributed by atoms with Crippen LogP contribution in [-0.2, 0) is 24.1 Å². The first-order chi connectivity index (χ1) is 12.6. The topological polar surface area (TPSA) is 87.7 Å². The van der Waals surface area contributed by atoms with Crippen LogP contribution in [0.3, 0.4) is 0 Å². The van der Waals surface area contributed by atoms with E-state index in [1.54, 1.807) is 23.7 Å². The Labute approximate surface area is 154 Å². The van der Waals surface area contributed by atoms with Crippen LogP contribution in [0.4, 0.5) is 0 Å². The summed E-state index contributed by atoms with van der Waals surface area (Å²) in [7, 11) is 0. The molecule has 1 atom stereocenters. The number of aryl methyl sites for hydroxylation is 3. The number of carbonyl (C=O) groups is 1. The van der Waals surface area contributed by atoms with E-state index in [9.17, 15) is 9.59 Å². The molecule has 134 valence electrons. The number of amides is 1. The number of fused-ring (bicyclic) bond motifs is 3. The molecule has 6 nitrogen and oxygen atoms in total. The van der Waals surface area contributed by atoms with E-state index in [4.69, 9.17) is 0 Å². The van der Waals surface area contributed by atoms with Gasteiger partial charge in [0.15, 0.2) is 0 Å². The predicted octanol–water partition coefficient (Wildman–Crippen LogP) is 2.68. The first kappa shape index (κ1) is 16.9. The third kappa shape index (κ3) is 3.26.